The van der Waals surface area contributed by atoms with Gasteiger partial charge < -0.3 is 10.6 Å². The second-order valence-electron chi connectivity index (χ2n) is 9.76. The van der Waals surface area contributed by atoms with Crippen molar-refractivity contribution < 1.29 is 9.59 Å². The molecule has 0 aliphatic heterocycles. The summed E-state index contributed by atoms with van der Waals surface area (Å²) in [6, 6.07) is 5.33. The highest BCUT2D eigenvalue weighted by Crippen LogP contribution is 2.60. The van der Waals surface area contributed by atoms with Crippen molar-refractivity contribution in [3.63, 3.8) is 0 Å². The first-order chi connectivity index (χ1) is 13.4. The van der Waals surface area contributed by atoms with Crippen LogP contribution in [-0.4, -0.2) is 29.4 Å². The van der Waals surface area contributed by atoms with E-state index in [1.807, 2.05) is 32.0 Å². The molecule has 1 aromatic rings. The lowest BCUT2D eigenvalue weighted by molar-refractivity contribution is -0.149. The summed E-state index contributed by atoms with van der Waals surface area (Å²) in [4.78, 5) is 30.4. The maximum atomic E-state index is 13.3. The molecule has 5 heteroatoms. The van der Waals surface area contributed by atoms with Crippen LogP contribution in [0.5, 0.6) is 0 Å². The third-order valence-corrected chi connectivity index (χ3v) is 7.16. The fraction of sp³-hybridized carbons (Fsp3) is 0.696. The minimum absolute atomic E-state index is 0.0627. The van der Waals surface area contributed by atoms with Gasteiger partial charge in [0, 0.05) is 30.3 Å². The lowest BCUT2D eigenvalue weighted by Crippen LogP contribution is -2.58. The molecule has 0 saturated heterocycles. The summed E-state index contributed by atoms with van der Waals surface area (Å²) in [6.07, 6.45) is 9.47. The molecule has 5 nitrogen and oxygen atoms in total. The van der Waals surface area contributed by atoms with E-state index in [-0.39, 0.29) is 23.1 Å². The Balaban J connectivity index is 1.35. The Bertz CT molecular complexity index is 681. The van der Waals surface area contributed by atoms with Crippen molar-refractivity contribution in [2.24, 2.45) is 29.1 Å². The summed E-state index contributed by atoms with van der Waals surface area (Å²) in [7, 11) is 0. The van der Waals surface area contributed by atoms with Crippen LogP contribution >= 0.6 is 0 Å². The highest BCUT2D eigenvalue weighted by Gasteiger charge is 2.55. The molecule has 4 aliphatic carbocycles. The maximum Gasteiger partial charge on any atom is 0.242 e. The molecule has 1 heterocycles. The van der Waals surface area contributed by atoms with Crippen molar-refractivity contribution >= 4 is 11.8 Å². The zero-order valence-electron chi connectivity index (χ0n) is 17.1. The van der Waals surface area contributed by atoms with Crippen molar-refractivity contribution in [1.82, 2.24) is 15.6 Å². The fourth-order valence-electron chi connectivity index (χ4n) is 6.19. The molecule has 4 bridgehead atoms. The highest BCUT2D eigenvalue weighted by atomic mass is 16.2. The van der Waals surface area contributed by atoms with Gasteiger partial charge in [-0.25, -0.2) is 0 Å². The number of aromatic nitrogens is 1. The Kier molecular flexibility index (Phi) is 5.44. The number of amides is 2. The Hall–Kier alpha value is -1.91. The first-order valence-corrected chi connectivity index (χ1v) is 10.9. The van der Waals surface area contributed by atoms with Gasteiger partial charge in [0.2, 0.25) is 11.8 Å². The number of carbonyl (C=O) groups excluding carboxylic acids is 2. The number of hydrogen-bond acceptors (Lipinski definition) is 3. The van der Waals surface area contributed by atoms with E-state index >= 15 is 0 Å². The smallest absolute Gasteiger partial charge is 0.242 e. The topological polar surface area (TPSA) is 71.1 Å². The van der Waals surface area contributed by atoms with Crippen LogP contribution in [0.4, 0.5) is 0 Å². The van der Waals surface area contributed by atoms with Gasteiger partial charge in [-0.1, -0.05) is 19.9 Å². The van der Waals surface area contributed by atoms with E-state index in [2.05, 4.69) is 15.6 Å². The third-order valence-electron chi connectivity index (χ3n) is 7.16. The van der Waals surface area contributed by atoms with Crippen LogP contribution in [0, 0.1) is 29.1 Å². The zero-order chi connectivity index (χ0) is 19.7. The van der Waals surface area contributed by atoms with Gasteiger partial charge in [-0.15, -0.1) is 0 Å². The van der Waals surface area contributed by atoms with E-state index in [0.29, 0.717) is 13.0 Å². The van der Waals surface area contributed by atoms with Crippen LogP contribution in [0.3, 0.4) is 0 Å². The summed E-state index contributed by atoms with van der Waals surface area (Å²) >= 11 is 0. The van der Waals surface area contributed by atoms with Gasteiger partial charge in [0.05, 0.1) is 0 Å². The number of nitrogens with one attached hydrogen (secondary N) is 2. The summed E-state index contributed by atoms with van der Waals surface area (Å²) < 4.78 is 0. The molecule has 0 aromatic carbocycles. The van der Waals surface area contributed by atoms with Gasteiger partial charge in [-0.2, -0.15) is 0 Å². The predicted molar refractivity (Wildman–Crippen MR) is 108 cm³/mol. The van der Waals surface area contributed by atoms with Crippen LogP contribution in [-0.2, 0) is 16.0 Å². The van der Waals surface area contributed by atoms with E-state index < -0.39 is 6.04 Å². The maximum absolute atomic E-state index is 13.3. The normalized spacial score (nSPS) is 31.6. The number of nitrogens with zero attached hydrogens (tertiary/aromatic N) is 1. The molecule has 152 valence electrons. The monoisotopic (exact) mass is 383 g/mol. The van der Waals surface area contributed by atoms with Gasteiger partial charge in [0.15, 0.2) is 0 Å². The molecule has 5 rings (SSSR count). The lowest BCUT2D eigenvalue weighted by Gasteiger charge is -2.55. The molecule has 4 aliphatic rings. The van der Waals surface area contributed by atoms with E-state index in [4.69, 9.17) is 0 Å². The molecule has 2 N–H and O–H groups in total. The van der Waals surface area contributed by atoms with Crippen molar-refractivity contribution in [3.8, 4) is 0 Å². The molecule has 2 amide bonds. The van der Waals surface area contributed by atoms with E-state index in [9.17, 15) is 9.59 Å². The highest BCUT2D eigenvalue weighted by molar-refractivity contribution is 5.90. The van der Waals surface area contributed by atoms with Crippen LogP contribution in [0.15, 0.2) is 24.4 Å². The van der Waals surface area contributed by atoms with Gasteiger partial charge in [-0.3, -0.25) is 14.6 Å². The van der Waals surface area contributed by atoms with E-state index in [1.54, 1.807) is 6.20 Å². The molecular formula is C23H33N3O2. The molecule has 28 heavy (non-hydrogen) atoms. The average molecular weight is 384 g/mol. The summed E-state index contributed by atoms with van der Waals surface area (Å²) in [5, 5.41) is 6.15. The Morgan fingerprint density at radius 2 is 1.75 bits per heavy atom. The molecule has 1 aromatic heterocycles. The van der Waals surface area contributed by atoms with Crippen molar-refractivity contribution in [3.05, 3.63) is 30.1 Å². The average Bonchev–Trinajstić information content (AvgIpc) is 2.65. The molecule has 1 atom stereocenters. The first-order valence-electron chi connectivity index (χ1n) is 10.9. The Morgan fingerprint density at radius 1 is 1.11 bits per heavy atom. The lowest BCUT2D eigenvalue weighted by atomic mass is 9.49. The predicted octanol–water partition coefficient (Wildman–Crippen LogP) is 3.10. The zero-order valence-corrected chi connectivity index (χ0v) is 17.1. The SMILES string of the molecule is CC(C)C(NC(=O)C12CC3CC(CC(C3)C1)C2)C(=O)NCCc1ccccn1. The number of rotatable bonds is 7. The minimum Gasteiger partial charge on any atom is -0.354 e. The third kappa shape index (κ3) is 3.94. The van der Waals surface area contributed by atoms with Gasteiger partial charge in [-0.05, 0) is 74.3 Å². The van der Waals surface area contributed by atoms with Crippen molar-refractivity contribution in [2.75, 3.05) is 6.54 Å². The molecule has 0 spiro atoms. The molecule has 1 unspecified atom stereocenters. The second-order valence-corrected chi connectivity index (χ2v) is 9.76. The largest absolute Gasteiger partial charge is 0.354 e. The molecular weight excluding hydrogens is 350 g/mol. The van der Waals surface area contributed by atoms with Gasteiger partial charge >= 0.3 is 0 Å². The van der Waals surface area contributed by atoms with Crippen LogP contribution in [0.25, 0.3) is 0 Å². The van der Waals surface area contributed by atoms with E-state index in [1.165, 1.54) is 19.3 Å². The Labute approximate surface area is 168 Å². The second kappa shape index (κ2) is 7.84. The number of pyridine rings is 1. The van der Waals surface area contributed by atoms with Crippen LogP contribution < -0.4 is 10.6 Å². The molecule has 0 radical (unpaired) electrons. The van der Waals surface area contributed by atoms with Crippen molar-refractivity contribution in [2.45, 2.75) is 64.8 Å². The van der Waals surface area contributed by atoms with Gasteiger partial charge in [0.1, 0.15) is 6.04 Å². The number of carbonyl (C=O) groups is 2. The first kappa shape index (κ1) is 19.4. The van der Waals surface area contributed by atoms with Crippen molar-refractivity contribution in [1.29, 1.82) is 0 Å². The minimum atomic E-state index is -0.468. The Morgan fingerprint density at radius 3 is 2.29 bits per heavy atom. The molecule has 4 saturated carbocycles. The van der Waals surface area contributed by atoms with E-state index in [0.717, 1.165) is 42.7 Å². The van der Waals surface area contributed by atoms with Gasteiger partial charge in [0.25, 0.3) is 0 Å². The summed E-state index contributed by atoms with van der Waals surface area (Å²) in [5.74, 6) is 2.28. The fourth-order valence-corrected chi connectivity index (χ4v) is 6.19. The van der Waals surface area contributed by atoms with Crippen LogP contribution in [0.1, 0.15) is 58.1 Å². The standard InChI is InChI=1S/C23H33N3O2/c1-15(2)20(21(27)25-8-6-19-5-3-4-7-24-19)26-22(28)23-12-16-9-17(13-23)11-18(10-16)14-23/h3-5,7,15-18,20H,6,8-14H2,1-2H3,(H,25,27)(H,26,28). The van der Waals surface area contributed by atoms with Crippen LogP contribution in [0.2, 0.25) is 0 Å². The number of hydrogen-bond donors (Lipinski definition) is 2. The summed E-state index contributed by atoms with van der Waals surface area (Å²) in [5.41, 5.74) is 0.748. The quantitative estimate of drug-likeness (QED) is 0.760. The summed E-state index contributed by atoms with van der Waals surface area (Å²) in [6.45, 7) is 4.54. The molecule has 4 fully saturated rings.